The van der Waals surface area contributed by atoms with Gasteiger partial charge < -0.3 is 10.4 Å². The largest absolute Gasteiger partial charge is 0.394 e. The molecule has 0 atom stereocenters. The number of amides is 1. The zero-order valence-electron chi connectivity index (χ0n) is 18.3. The van der Waals surface area contributed by atoms with E-state index < -0.39 is 5.54 Å². The van der Waals surface area contributed by atoms with Crippen LogP contribution in [0.4, 0.5) is 11.8 Å². The number of aliphatic imine (C=N–C) groups is 1. The lowest BCUT2D eigenvalue weighted by Gasteiger charge is -2.33. The summed E-state index contributed by atoms with van der Waals surface area (Å²) in [6, 6.07) is 5.93. The number of halogens is 1. The molecule has 32 heavy (non-hydrogen) atoms. The maximum atomic E-state index is 13.6. The number of hydrogen-bond donors (Lipinski definition) is 2. The summed E-state index contributed by atoms with van der Waals surface area (Å²) >= 11 is 6.39. The first-order chi connectivity index (χ1) is 15.5. The molecule has 9 heteroatoms. The molecule has 1 amide bonds. The number of imidazole rings is 1. The van der Waals surface area contributed by atoms with Gasteiger partial charge in [-0.3, -0.25) is 24.2 Å². The lowest BCUT2D eigenvalue weighted by atomic mass is 9.98. The number of hydrogen-bond acceptors (Lipinski definition) is 6. The molecule has 1 aliphatic carbocycles. The molecule has 2 aromatic rings. The minimum Gasteiger partial charge on any atom is -0.394 e. The van der Waals surface area contributed by atoms with Crippen molar-refractivity contribution in [2.75, 3.05) is 36.5 Å². The third-order valence-corrected chi connectivity index (χ3v) is 6.88. The van der Waals surface area contributed by atoms with Crippen LogP contribution in [0.15, 0.2) is 35.3 Å². The van der Waals surface area contributed by atoms with Gasteiger partial charge in [-0.2, -0.15) is 4.98 Å². The van der Waals surface area contributed by atoms with Gasteiger partial charge in [0.05, 0.1) is 25.2 Å². The quantitative estimate of drug-likeness (QED) is 0.655. The van der Waals surface area contributed by atoms with Gasteiger partial charge in [-0.05, 0) is 43.9 Å². The van der Waals surface area contributed by atoms with Gasteiger partial charge in [0.1, 0.15) is 0 Å². The van der Waals surface area contributed by atoms with E-state index in [0.717, 1.165) is 11.1 Å². The van der Waals surface area contributed by atoms with Crippen LogP contribution in [-0.2, 0) is 6.54 Å². The maximum Gasteiger partial charge on any atom is 0.281 e. The number of aromatic nitrogens is 2. The molecule has 2 aliphatic heterocycles. The fraction of sp³-hybridized carbons (Fsp3) is 0.435. The average Bonchev–Trinajstić information content (AvgIpc) is 3.51. The molecule has 168 valence electrons. The van der Waals surface area contributed by atoms with Crippen molar-refractivity contribution in [1.29, 1.82) is 0 Å². The number of aliphatic hydroxyl groups excluding tert-OH is 1. The zero-order valence-corrected chi connectivity index (χ0v) is 19.1. The number of aryl methyl sites for hydroxylation is 1. The van der Waals surface area contributed by atoms with E-state index in [2.05, 4.69) is 22.5 Å². The summed E-state index contributed by atoms with van der Waals surface area (Å²) in [4.78, 5) is 26.7. The Bertz CT molecular complexity index is 1130. The highest BCUT2D eigenvalue weighted by atomic mass is 35.5. The Morgan fingerprint density at radius 3 is 2.75 bits per heavy atom. The van der Waals surface area contributed by atoms with Gasteiger partial charge in [-0.25, -0.2) is 0 Å². The SMILES string of the molecule is CCN1C(=O)c2c(nc(NC3(CO)CC=CC3)n2Cc2ccc(C)c(Cl)c2)N2CCN=C12. The molecule has 2 N–H and O–H groups in total. The summed E-state index contributed by atoms with van der Waals surface area (Å²) in [6.07, 6.45) is 5.52. The van der Waals surface area contributed by atoms with Crippen LogP contribution < -0.4 is 10.2 Å². The lowest BCUT2D eigenvalue weighted by Crippen LogP contribution is -2.50. The Balaban J connectivity index is 1.63. The summed E-state index contributed by atoms with van der Waals surface area (Å²) in [5.41, 5.74) is 1.99. The van der Waals surface area contributed by atoms with Crippen molar-refractivity contribution < 1.29 is 9.90 Å². The molecule has 1 aromatic carbocycles. The highest BCUT2D eigenvalue weighted by molar-refractivity contribution is 6.31. The van der Waals surface area contributed by atoms with Crippen molar-refractivity contribution in [3.05, 3.63) is 52.2 Å². The standard InChI is InChI=1S/C23H27ClN6O2/c1-3-28-20(32)18-19(29-11-10-25-22(28)29)26-21(27-23(14-31)8-4-5-9-23)30(18)13-16-7-6-15(2)17(24)12-16/h4-7,12,31H,3,8-11,13-14H2,1-2H3,(H,26,27). The second-order valence-electron chi connectivity index (χ2n) is 8.60. The Morgan fingerprint density at radius 1 is 1.28 bits per heavy atom. The van der Waals surface area contributed by atoms with E-state index in [9.17, 15) is 9.90 Å². The van der Waals surface area contributed by atoms with Crippen molar-refractivity contribution in [1.82, 2.24) is 14.5 Å². The Morgan fingerprint density at radius 2 is 2.06 bits per heavy atom. The number of rotatable bonds is 6. The Hall–Kier alpha value is -2.84. The molecule has 1 aromatic heterocycles. The second-order valence-corrected chi connectivity index (χ2v) is 9.01. The molecular weight excluding hydrogens is 428 g/mol. The summed E-state index contributed by atoms with van der Waals surface area (Å²) in [5, 5.41) is 14.3. The number of nitrogens with one attached hydrogen (secondary N) is 1. The first kappa shape index (κ1) is 21.0. The normalized spacial score (nSPS) is 18.8. The number of anilines is 2. The Labute approximate surface area is 192 Å². The summed E-state index contributed by atoms with van der Waals surface area (Å²) < 4.78 is 1.92. The topological polar surface area (TPSA) is 86.0 Å². The Kier molecular flexibility index (Phi) is 5.22. The van der Waals surface area contributed by atoms with Crippen molar-refractivity contribution in [2.24, 2.45) is 4.99 Å². The molecule has 0 saturated heterocycles. The summed E-state index contributed by atoms with van der Waals surface area (Å²) in [6.45, 7) is 6.17. The van der Waals surface area contributed by atoms with Crippen molar-refractivity contribution in [3.63, 3.8) is 0 Å². The average molecular weight is 455 g/mol. The van der Waals surface area contributed by atoms with E-state index in [1.54, 1.807) is 4.90 Å². The van der Waals surface area contributed by atoms with Crippen molar-refractivity contribution in [3.8, 4) is 0 Å². The van der Waals surface area contributed by atoms with Crippen LogP contribution in [0, 0.1) is 6.92 Å². The van der Waals surface area contributed by atoms with Gasteiger partial charge >= 0.3 is 0 Å². The maximum absolute atomic E-state index is 13.6. The minimum absolute atomic E-state index is 0.0284. The molecule has 0 saturated carbocycles. The predicted octanol–water partition coefficient (Wildman–Crippen LogP) is 3.04. The van der Waals surface area contributed by atoms with E-state index in [4.69, 9.17) is 16.6 Å². The fourth-order valence-electron chi connectivity index (χ4n) is 4.59. The van der Waals surface area contributed by atoms with E-state index >= 15 is 0 Å². The van der Waals surface area contributed by atoms with Crippen LogP contribution in [0.3, 0.4) is 0 Å². The predicted molar refractivity (Wildman–Crippen MR) is 126 cm³/mol. The number of benzene rings is 1. The van der Waals surface area contributed by atoms with Crippen LogP contribution in [-0.4, -0.2) is 63.2 Å². The number of guanidine groups is 1. The van der Waals surface area contributed by atoms with Gasteiger partial charge in [-0.1, -0.05) is 35.9 Å². The van der Waals surface area contributed by atoms with Gasteiger partial charge in [0.2, 0.25) is 11.9 Å². The molecule has 0 bridgehead atoms. The third-order valence-electron chi connectivity index (χ3n) is 6.47. The molecule has 3 aliphatic rings. The van der Waals surface area contributed by atoms with Crippen LogP contribution >= 0.6 is 11.6 Å². The summed E-state index contributed by atoms with van der Waals surface area (Å²) in [7, 11) is 0. The number of carbonyl (C=O) groups is 1. The monoisotopic (exact) mass is 454 g/mol. The minimum atomic E-state index is -0.522. The van der Waals surface area contributed by atoms with Crippen LogP contribution in [0.5, 0.6) is 0 Å². The fourth-order valence-corrected chi connectivity index (χ4v) is 4.79. The number of aliphatic hydroxyl groups is 1. The first-order valence-corrected chi connectivity index (χ1v) is 11.4. The molecule has 5 rings (SSSR count). The highest BCUT2D eigenvalue weighted by Gasteiger charge is 2.42. The molecule has 8 nitrogen and oxygen atoms in total. The van der Waals surface area contributed by atoms with E-state index in [0.29, 0.717) is 67.5 Å². The van der Waals surface area contributed by atoms with Gasteiger partial charge in [0.15, 0.2) is 11.5 Å². The van der Waals surface area contributed by atoms with E-state index in [-0.39, 0.29) is 12.5 Å². The number of carbonyl (C=O) groups excluding carboxylic acids is 1. The van der Waals surface area contributed by atoms with Gasteiger partial charge in [0.25, 0.3) is 5.91 Å². The zero-order chi connectivity index (χ0) is 22.5. The molecule has 0 fully saturated rings. The van der Waals surface area contributed by atoms with Gasteiger partial charge in [0, 0.05) is 18.1 Å². The molecule has 0 radical (unpaired) electrons. The molecular formula is C23H27ClN6O2. The summed E-state index contributed by atoms with van der Waals surface area (Å²) in [5.74, 6) is 1.75. The highest BCUT2D eigenvalue weighted by Crippen LogP contribution is 2.36. The van der Waals surface area contributed by atoms with Crippen LogP contribution in [0.25, 0.3) is 0 Å². The van der Waals surface area contributed by atoms with E-state index in [1.807, 2.05) is 41.5 Å². The third kappa shape index (κ3) is 3.29. The smallest absolute Gasteiger partial charge is 0.281 e. The number of fused-ring (bicyclic) bond motifs is 3. The first-order valence-electron chi connectivity index (χ1n) is 11.0. The van der Waals surface area contributed by atoms with Crippen LogP contribution in [0.2, 0.25) is 5.02 Å². The van der Waals surface area contributed by atoms with Crippen molar-refractivity contribution in [2.45, 2.75) is 38.8 Å². The number of nitrogens with zero attached hydrogens (tertiary/aromatic N) is 5. The van der Waals surface area contributed by atoms with Crippen molar-refractivity contribution >= 4 is 35.2 Å². The van der Waals surface area contributed by atoms with Gasteiger partial charge in [-0.15, -0.1) is 0 Å². The second kappa shape index (κ2) is 7.94. The molecule has 3 heterocycles. The molecule has 0 unspecified atom stereocenters. The van der Waals surface area contributed by atoms with Crippen LogP contribution in [0.1, 0.15) is 41.4 Å². The lowest BCUT2D eigenvalue weighted by molar-refractivity contribution is 0.0836. The van der Waals surface area contributed by atoms with E-state index in [1.165, 1.54) is 0 Å². The molecule has 0 spiro atoms.